The molecule has 0 saturated carbocycles. The van der Waals surface area contributed by atoms with Crippen LogP contribution in [0, 0.1) is 0 Å². The van der Waals surface area contributed by atoms with E-state index < -0.39 is 0 Å². The zero-order valence-corrected chi connectivity index (χ0v) is 13.9. The Hall–Kier alpha value is -2.20. The fourth-order valence-corrected chi connectivity index (χ4v) is 3.76. The maximum Gasteiger partial charge on any atom is 0.199 e. The summed E-state index contributed by atoms with van der Waals surface area (Å²) in [5.74, 6) is 1.60. The molecule has 23 heavy (non-hydrogen) atoms. The number of hydrogen-bond acceptors (Lipinski definition) is 4. The smallest absolute Gasteiger partial charge is 0.199 e. The van der Waals surface area contributed by atoms with Crippen LogP contribution in [-0.2, 0) is 0 Å². The molecule has 0 spiro atoms. The normalized spacial score (nSPS) is 16.8. The molecule has 1 unspecified atom stereocenters. The van der Waals surface area contributed by atoms with Gasteiger partial charge in [-0.25, -0.2) is 0 Å². The summed E-state index contributed by atoms with van der Waals surface area (Å²) in [7, 11) is 3.27. The summed E-state index contributed by atoms with van der Waals surface area (Å²) in [6, 6.07) is 15.3. The molecule has 0 amide bonds. The number of carbonyl (C=O) groups excluding carboxylic acids is 1. The molecular weight excluding hydrogens is 308 g/mol. The van der Waals surface area contributed by atoms with Crippen LogP contribution in [0.15, 0.2) is 59.5 Å². The van der Waals surface area contributed by atoms with Crippen molar-refractivity contribution in [3.63, 3.8) is 0 Å². The largest absolute Gasteiger partial charge is 0.497 e. The van der Waals surface area contributed by atoms with Crippen LogP contribution in [0.4, 0.5) is 0 Å². The van der Waals surface area contributed by atoms with Gasteiger partial charge in [0.05, 0.1) is 19.1 Å². The zero-order valence-electron chi connectivity index (χ0n) is 13.1. The van der Waals surface area contributed by atoms with Gasteiger partial charge in [-0.1, -0.05) is 30.3 Å². The van der Waals surface area contributed by atoms with E-state index >= 15 is 0 Å². The number of thioether (sulfide) groups is 1. The summed E-state index contributed by atoms with van der Waals surface area (Å²) in [5, 5.41) is 0.259. The minimum Gasteiger partial charge on any atom is -0.497 e. The molecule has 0 bridgehead atoms. The van der Waals surface area contributed by atoms with E-state index in [-0.39, 0.29) is 11.0 Å². The highest BCUT2D eigenvalue weighted by atomic mass is 32.2. The van der Waals surface area contributed by atoms with Crippen LogP contribution >= 0.6 is 11.8 Å². The Morgan fingerprint density at radius 2 is 1.74 bits per heavy atom. The average Bonchev–Trinajstić information content (AvgIpc) is 3.11. The Balaban J connectivity index is 1.74. The van der Waals surface area contributed by atoms with Gasteiger partial charge in [-0.3, -0.25) is 4.79 Å². The average molecular weight is 326 g/mol. The molecule has 1 aliphatic heterocycles. The van der Waals surface area contributed by atoms with E-state index in [2.05, 4.69) is 6.07 Å². The minimum absolute atomic E-state index is 0.0549. The Kier molecular flexibility index (Phi) is 4.72. The molecule has 0 N–H and O–H groups in total. The summed E-state index contributed by atoms with van der Waals surface area (Å²) in [5.41, 5.74) is 1.84. The molecule has 3 rings (SSSR count). The quantitative estimate of drug-likeness (QED) is 0.749. The van der Waals surface area contributed by atoms with E-state index in [9.17, 15) is 4.79 Å². The van der Waals surface area contributed by atoms with Crippen molar-refractivity contribution in [1.29, 1.82) is 0 Å². The number of Topliss-reactive ketones (excluding diaryl/α,β-unsaturated/α-hetero) is 1. The standard InChI is InChI=1S/C19H18O3S/c1-21-15-7-3-5-13(11-15)17-9-10-18(23-17)19(20)14-6-4-8-16(12-14)22-2/h3-8,10-12,17H,9H2,1-2H3. The number of ketones is 1. The van der Waals surface area contributed by atoms with Crippen molar-refractivity contribution in [2.45, 2.75) is 11.7 Å². The van der Waals surface area contributed by atoms with E-state index in [0.717, 1.165) is 17.1 Å². The molecule has 0 saturated heterocycles. The molecule has 4 heteroatoms. The summed E-state index contributed by atoms with van der Waals surface area (Å²) < 4.78 is 10.5. The number of ether oxygens (including phenoxy) is 2. The van der Waals surface area contributed by atoms with Crippen LogP contribution < -0.4 is 9.47 Å². The highest BCUT2D eigenvalue weighted by Gasteiger charge is 2.25. The predicted molar refractivity (Wildman–Crippen MR) is 93.4 cm³/mol. The molecule has 3 nitrogen and oxygen atoms in total. The van der Waals surface area contributed by atoms with Crippen LogP contribution in [0.2, 0.25) is 0 Å². The maximum absolute atomic E-state index is 12.6. The molecule has 2 aromatic rings. The first-order chi connectivity index (χ1) is 11.2. The van der Waals surface area contributed by atoms with Crippen molar-refractivity contribution in [2.75, 3.05) is 14.2 Å². The lowest BCUT2D eigenvalue weighted by Gasteiger charge is -2.11. The maximum atomic E-state index is 12.6. The molecular formula is C19H18O3S. The van der Waals surface area contributed by atoms with Gasteiger partial charge in [0.1, 0.15) is 11.5 Å². The molecule has 1 heterocycles. The van der Waals surface area contributed by atoms with Gasteiger partial charge in [0, 0.05) is 10.8 Å². The van der Waals surface area contributed by atoms with Crippen molar-refractivity contribution in [3.8, 4) is 11.5 Å². The molecule has 1 aliphatic rings. The van der Waals surface area contributed by atoms with Gasteiger partial charge in [0.25, 0.3) is 0 Å². The van der Waals surface area contributed by atoms with Crippen molar-refractivity contribution in [3.05, 3.63) is 70.6 Å². The van der Waals surface area contributed by atoms with E-state index in [1.165, 1.54) is 5.56 Å². The van der Waals surface area contributed by atoms with E-state index in [4.69, 9.17) is 9.47 Å². The Morgan fingerprint density at radius 3 is 2.48 bits per heavy atom. The molecule has 0 fully saturated rings. The molecule has 0 radical (unpaired) electrons. The number of methoxy groups -OCH3 is 2. The van der Waals surface area contributed by atoms with Crippen LogP contribution in [0.1, 0.15) is 27.6 Å². The predicted octanol–water partition coefficient (Wildman–Crippen LogP) is 4.65. The Labute approximate surface area is 140 Å². The van der Waals surface area contributed by atoms with Crippen LogP contribution in [-0.4, -0.2) is 20.0 Å². The summed E-state index contributed by atoms with van der Waals surface area (Å²) in [4.78, 5) is 13.4. The lowest BCUT2D eigenvalue weighted by molar-refractivity contribution is 0.104. The second kappa shape index (κ2) is 6.92. The molecule has 2 aromatic carbocycles. The number of hydrogen-bond donors (Lipinski definition) is 0. The van der Waals surface area contributed by atoms with Gasteiger partial charge in [-0.05, 0) is 36.2 Å². The first kappa shape index (κ1) is 15.7. The van der Waals surface area contributed by atoms with Gasteiger partial charge in [0.15, 0.2) is 5.78 Å². The van der Waals surface area contributed by atoms with Crippen LogP contribution in [0.25, 0.3) is 0 Å². The van der Waals surface area contributed by atoms with Crippen molar-refractivity contribution < 1.29 is 14.3 Å². The summed E-state index contributed by atoms with van der Waals surface area (Å²) in [6.07, 6.45) is 2.87. The topological polar surface area (TPSA) is 35.5 Å². The third-order valence-electron chi connectivity index (χ3n) is 3.81. The van der Waals surface area contributed by atoms with E-state index in [0.29, 0.717) is 11.3 Å². The third kappa shape index (κ3) is 3.42. The van der Waals surface area contributed by atoms with Crippen molar-refractivity contribution in [1.82, 2.24) is 0 Å². The fraction of sp³-hybridized carbons (Fsp3) is 0.211. The van der Waals surface area contributed by atoms with Crippen LogP contribution in [0.5, 0.6) is 11.5 Å². The van der Waals surface area contributed by atoms with E-state index in [1.54, 1.807) is 32.0 Å². The van der Waals surface area contributed by atoms with E-state index in [1.807, 2.05) is 42.5 Å². The van der Waals surface area contributed by atoms with Crippen LogP contribution in [0.3, 0.4) is 0 Å². The highest BCUT2D eigenvalue weighted by molar-refractivity contribution is 8.04. The third-order valence-corrected chi connectivity index (χ3v) is 5.16. The lowest BCUT2D eigenvalue weighted by atomic mass is 10.1. The second-order valence-corrected chi connectivity index (χ2v) is 6.49. The Bertz CT molecular complexity index is 752. The lowest BCUT2D eigenvalue weighted by Crippen LogP contribution is -2.00. The molecule has 118 valence electrons. The highest BCUT2D eigenvalue weighted by Crippen LogP contribution is 2.45. The fourth-order valence-electron chi connectivity index (χ4n) is 2.56. The first-order valence-electron chi connectivity index (χ1n) is 7.41. The summed E-state index contributed by atoms with van der Waals surface area (Å²) >= 11 is 1.61. The minimum atomic E-state index is 0.0549. The zero-order chi connectivity index (χ0) is 16.2. The molecule has 1 atom stereocenters. The Morgan fingerprint density at radius 1 is 1.04 bits per heavy atom. The summed E-state index contributed by atoms with van der Waals surface area (Å²) in [6.45, 7) is 0. The van der Waals surface area contributed by atoms with Gasteiger partial charge in [0.2, 0.25) is 0 Å². The molecule has 0 aromatic heterocycles. The van der Waals surface area contributed by atoms with Gasteiger partial charge in [-0.15, -0.1) is 11.8 Å². The number of allylic oxidation sites excluding steroid dienone is 2. The SMILES string of the molecule is COc1cccc(C(=O)C2=CCC(c3cccc(OC)c3)S2)c1. The monoisotopic (exact) mass is 326 g/mol. The first-order valence-corrected chi connectivity index (χ1v) is 8.28. The van der Waals surface area contributed by atoms with Crippen molar-refractivity contribution >= 4 is 17.5 Å². The van der Waals surface area contributed by atoms with Gasteiger partial charge < -0.3 is 9.47 Å². The second-order valence-electron chi connectivity index (χ2n) is 5.25. The van der Waals surface area contributed by atoms with Gasteiger partial charge in [-0.2, -0.15) is 0 Å². The molecule has 0 aliphatic carbocycles. The van der Waals surface area contributed by atoms with Crippen molar-refractivity contribution in [2.24, 2.45) is 0 Å². The number of benzene rings is 2. The number of carbonyl (C=O) groups is 1. The van der Waals surface area contributed by atoms with Gasteiger partial charge >= 0.3 is 0 Å². The number of rotatable bonds is 5.